The third-order valence-corrected chi connectivity index (χ3v) is 4.79. The van der Waals surface area contributed by atoms with E-state index >= 15 is 0 Å². The van der Waals surface area contributed by atoms with Crippen molar-refractivity contribution in [1.29, 1.82) is 0 Å². The van der Waals surface area contributed by atoms with Crippen molar-refractivity contribution in [2.45, 2.75) is 32.1 Å². The number of anilines is 2. The van der Waals surface area contributed by atoms with Crippen LogP contribution in [0, 0.1) is 5.92 Å². The number of hydrogen-bond acceptors (Lipinski definition) is 5. The Balaban J connectivity index is 1.43. The Morgan fingerprint density at radius 1 is 1.16 bits per heavy atom. The van der Waals surface area contributed by atoms with Crippen LogP contribution in [0.4, 0.5) is 11.5 Å². The largest absolute Gasteiger partial charge is 0.378 e. The molecule has 2 amide bonds. The molecule has 1 aliphatic heterocycles. The van der Waals surface area contributed by atoms with E-state index in [0.29, 0.717) is 5.82 Å². The van der Waals surface area contributed by atoms with E-state index < -0.39 is 0 Å². The van der Waals surface area contributed by atoms with E-state index in [4.69, 9.17) is 4.74 Å². The van der Waals surface area contributed by atoms with Gasteiger partial charge >= 0.3 is 0 Å². The molecule has 0 aromatic carbocycles. The standard InChI is InChI=1S/C18H26N4O3/c23-17(13-20-18(24)14-4-2-1-3-5-14)21-16-7-6-15(12-19-16)22-8-10-25-11-9-22/h6-7,12,14H,1-5,8-11,13H2,(H,20,24)(H,19,21,23). The minimum atomic E-state index is -0.254. The van der Waals surface area contributed by atoms with Gasteiger partial charge in [-0.3, -0.25) is 9.59 Å². The molecule has 2 N–H and O–H groups in total. The summed E-state index contributed by atoms with van der Waals surface area (Å²) in [6.07, 6.45) is 7.02. The third kappa shape index (κ3) is 5.16. The van der Waals surface area contributed by atoms with E-state index in [2.05, 4.69) is 20.5 Å². The van der Waals surface area contributed by atoms with Gasteiger partial charge in [-0.15, -0.1) is 0 Å². The molecule has 1 aromatic heterocycles. The minimum Gasteiger partial charge on any atom is -0.378 e. The lowest BCUT2D eigenvalue weighted by Crippen LogP contribution is -2.37. The number of hydrogen-bond donors (Lipinski definition) is 2. The summed E-state index contributed by atoms with van der Waals surface area (Å²) < 4.78 is 5.33. The lowest BCUT2D eigenvalue weighted by molar-refractivity contribution is -0.128. The molecule has 3 rings (SSSR count). The maximum atomic E-state index is 12.1. The van der Waals surface area contributed by atoms with Gasteiger partial charge in [-0.2, -0.15) is 0 Å². The number of carbonyl (C=O) groups is 2. The predicted octanol–water partition coefficient (Wildman–Crippen LogP) is 1.55. The fraction of sp³-hybridized carbons (Fsp3) is 0.611. The predicted molar refractivity (Wildman–Crippen MR) is 95.5 cm³/mol. The lowest BCUT2D eigenvalue weighted by Gasteiger charge is -2.28. The number of rotatable bonds is 5. The summed E-state index contributed by atoms with van der Waals surface area (Å²) >= 11 is 0. The van der Waals surface area contributed by atoms with Gasteiger partial charge in [0.25, 0.3) is 0 Å². The average Bonchev–Trinajstić information content (AvgIpc) is 2.68. The maximum Gasteiger partial charge on any atom is 0.244 e. The summed E-state index contributed by atoms with van der Waals surface area (Å²) in [6, 6.07) is 3.72. The fourth-order valence-electron chi connectivity index (χ4n) is 3.33. The van der Waals surface area contributed by atoms with Crippen LogP contribution in [0.15, 0.2) is 18.3 Å². The van der Waals surface area contributed by atoms with Gasteiger partial charge in [-0.1, -0.05) is 19.3 Å². The summed E-state index contributed by atoms with van der Waals surface area (Å²) in [5, 5.41) is 5.46. The van der Waals surface area contributed by atoms with Gasteiger partial charge in [0, 0.05) is 19.0 Å². The van der Waals surface area contributed by atoms with Crippen LogP contribution in [0.25, 0.3) is 0 Å². The SMILES string of the molecule is O=C(CNC(=O)C1CCCCC1)Nc1ccc(N2CCOCC2)cn1. The molecular formula is C18H26N4O3. The molecule has 7 heteroatoms. The maximum absolute atomic E-state index is 12.1. The third-order valence-electron chi connectivity index (χ3n) is 4.79. The van der Waals surface area contributed by atoms with E-state index in [1.807, 2.05) is 6.07 Å². The van der Waals surface area contributed by atoms with Crippen LogP contribution in [-0.2, 0) is 14.3 Å². The van der Waals surface area contributed by atoms with E-state index in [1.54, 1.807) is 12.3 Å². The van der Waals surface area contributed by atoms with Crippen molar-refractivity contribution in [2.75, 3.05) is 43.1 Å². The van der Waals surface area contributed by atoms with Crippen LogP contribution in [0.2, 0.25) is 0 Å². The Morgan fingerprint density at radius 2 is 1.92 bits per heavy atom. The molecule has 2 heterocycles. The zero-order valence-corrected chi connectivity index (χ0v) is 14.5. The second kappa shape index (κ2) is 8.80. The number of aromatic nitrogens is 1. The molecule has 0 atom stereocenters. The quantitative estimate of drug-likeness (QED) is 0.845. The molecule has 2 fully saturated rings. The van der Waals surface area contributed by atoms with Crippen LogP contribution >= 0.6 is 0 Å². The van der Waals surface area contributed by atoms with Gasteiger partial charge in [0.1, 0.15) is 5.82 Å². The average molecular weight is 346 g/mol. The van der Waals surface area contributed by atoms with Crippen molar-refractivity contribution in [3.05, 3.63) is 18.3 Å². The van der Waals surface area contributed by atoms with Crippen LogP contribution < -0.4 is 15.5 Å². The van der Waals surface area contributed by atoms with Crippen LogP contribution in [0.1, 0.15) is 32.1 Å². The topological polar surface area (TPSA) is 83.6 Å². The first-order valence-corrected chi connectivity index (χ1v) is 9.09. The van der Waals surface area contributed by atoms with Crippen LogP contribution in [0.5, 0.6) is 0 Å². The van der Waals surface area contributed by atoms with Crippen LogP contribution in [0.3, 0.4) is 0 Å². The number of morpholine rings is 1. The van der Waals surface area contributed by atoms with Gasteiger partial charge in [0.15, 0.2) is 0 Å². The lowest BCUT2D eigenvalue weighted by atomic mass is 9.89. The number of nitrogens with one attached hydrogen (secondary N) is 2. The second-order valence-electron chi connectivity index (χ2n) is 6.60. The first kappa shape index (κ1) is 17.7. The second-order valence-corrected chi connectivity index (χ2v) is 6.60. The van der Waals surface area contributed by atoms with E-state index in [1.165, 1.54) is 6.42 Å². The molecule has 2 aliphatic rings. The number of carbonyl (C=O) groups excluding carboxylic acids is 2. The van der Waals surface area contributed by atoms with Crippen molar-refractivity contribution < 1.29 is 14.3 Å². The molecule has 7 nitrogen and oxygen atoms in total. The Bertz CT molecular complexity index is 578. The highest BCUT2D eigenvalue weighted by Crippen LogP contribution is 2.23. The summed E-state index contributed by atoms with van der Waals surface area (Å²) in [5.41, 5.74) is 1.02. The Hall–Kier alpha value is -2.15. The zero-order valence-electron chi connectivity index (χ0n) is 14.5. The summed E-state index contributed by atoms with van der Waals surface area (Å²) in [4.78, 5) is 30.5. The van der Waals surface area contributed by atoms with Crippen molar-refractivity contribution in [3.63, 3.8) is 0 Å². The van der Waals surface area contributed by atoms with E-state index in [-0.39, 0.29) is 24.3 Å². The van der Waals surface area contributed by atoms with Crippen molar-refractivity contribution in [1.82, 2.24) is 10.3 Å². The highest BCUT2D eigenvalue weighted by atomic mass is 16.5. The van der Waals surface area contributed by atoms with Gasteiger partial charge in [-0.25, -0.2) is 4.98 Å². The van der Waals surface area contributed by atoms with Crippen molar-refractivity contribution in [3.8, 4) is 0 Å². The van der Waals surface area contributed by atoms with Gasteiger partial charge < -0.3 is 20.3 Å². The van der Waals surface area contributed by atoms with Gasteiger partial charge in [-0.05, 0) is 25.0 Å². The first-order chi connectivity index (χ1) is 12.2. The number of nitrogens with zero attached hydrogens (tertiary/aromatic N) is 2. The first-order valence-electron chi connectivity index (χ1n) is 9.09. The molecule has 0 unspecified atom stereocenters. The summed E-state index contributed by atoms with van der Waals surface area (Å²) in [5.74, 6) is 0.294. The summed E-state index contributed by atoms with van der Waals surface area (Å²) in [6.45, 7) is 3.13. The molecule has 136 valence electrons. The normalized spacial score (nSPS) is 18.6. The highest BCUT2D eigenvalue weighted by molar-refractivity contribution is 5.94. The van der Waals surface area contributed by atoms with Crippen molar-refractivity contribution >= 4 is 23.3 Å². The zero-order chi connectivity index (χ0) is 17.5. The number of amides is 2. The van der Waals surface area contributed by atoms with Crippen molar-refractivity contribution in [2.24, 2.45) is 5.92 Å². The Labute approximate surface area is 148 Å². The number of ether oxygens (including phenoxy) is 1. The highest BCUT2D eigenvalue weighted by Gasteiger charge is 2.21. The fourth-order valence-corrected chi connectivity index (χ4v) is 3.33. The molecule has 0 bridgehead atoms. The minimum absolute atomic E-state index is 0.00882. The molecule has 0 spiro atoms. The Kier molecular flexibility index (Phi) is 6.22. The van der Waals surface area contributed by atoms with E-state index in [9.17, 15) is 9.59 Å². The van der Waals surface area contributed by atoms with Gasteiger partial charge in [0.2, 0.25) is 11.8 Å². The molecule has 1 aromatic rings. The Morgan fingerprint density at radius 3 is 2.60 bits per heavy atom. The molecular weight excluding hydrogens is 320 g/mol. The van der Waals surface area contributed by atoms with Gasteiger partial charge in [0.05, 0.1) is 31.6 Å². The molecule has 0 radical (unpaired) electrons. The molecule has 1 saturated carbocycles. The van der Waals surface area contributed by atoms with Crippen LogP contribution in [-0.4, -0.2) is 49.6 Å². The summed E-state index contributed by atoms with van der Waals surface area (Å²) in [7, 11) is 0. The molecule has 1 aliphatic carbocycles. The molecule has 25 heavy (non-hydrogen) atoms. The monoisotopic (exact) mass is 346 g/mol. The smallest absolute Gasteiger partial charge is 0.244 e. The molecule has 1 saturated heterocycles. The number of pyridine rings is 1. The van der Waals surface area contributed by atoms with E-state index in [0.717, 1.165) is 57.7 Å².